The Morgan fingerprint density at radius 1 is 1.11 bits per heavy atom. The molecule has 0 bridgehead atoms. The molecule has 2 N–H and O–H groups in total. The first-order chi connectivity index (χ1) is 8.65. The minimum atomic E-state index is 0.264. The summed E-state index contributed by atoms with van der Waals surface area (Å²) in [5.74, 6) is 0.264. The van der Waals surface area contributed by atoms with Gasteiger partial charge in [-0.05, 0) is 24.1 Å². The minimum absolute atomic E-state index is 0.264. The van der Waals surface area contributed by atoms with Crippen LogP contribution in [0.2, 0.25) is 10.3 Å². The molecule has 0 amide bonds. The van der Waals surface area contributed by atoms with Crippen LogP contribution >= 0.6 is 23.2 Å². The van der Waals surface area contributed by atoms with Gasteiger partial charge in [0.2, 0.25) is 0 Å². The third-order valence-corrected chi connectivity index (χ3v) is 2.85. The molecule has 0 fully saturated rings. The van der Waals surface area contributed by atoms with E-state index in [1.54, 1.807) is 18.2 Å². The highest BCUT2D eigenvalue weighted by atomic mass is 35.5. The predicted octanol–water partition coefficient (Wildman–Crippen LogP) is 3.14. The van der Waals surface area contributed by atoms with Crippen LogP contribution in [0.4, 0.5) is 5.69 Å². The lowest BCUT2D eigenvalue weighted by molar-refractivity contribution is 0.475. The molecule has 0 aliphatic heterocycles. The molecule has 0 aliphatic rings. The minimum Gasteiger partial charge on any atom is -0.508 e. The molecule has 1 aromatic heterocycles. The Hall–Kier alpha value is -1.52. The van der Waals surface area contributed by atoms with Crippen molar-refractivity contribution in [2.45, 2.75) is 6.42 Å². The SMILES string of the molecule is Oc1ccc(CCNc2cc(Cl)nnc2Cl)cc1. The van der Waals surface area contributed by atoms with E-state index in [0.29, 0.717) is 22.5 Å². The van der Waals surface area contributed by atoms with Gasteiger partial charge in [0, 0.05) is 12.6 Å². The summed E-state index contributed by atoms with van der Waals surface area (Å²) < 4.78 is 0. The fraction of sp³-hybridized carbons (Fsp3) is 0.167. The van der Waals surface area contributed by atoms with Crippen LogP contribution in [-0.2, 0) is 6.42 Å². The molecule has 1 aromatic carbocycles. The number of benzene rings is 1. The van der Waals surface area contributed by atoms with Gasteiger partial charge in [-0.2, -0.15) is 0 Å². The molecule has 6 heteroatoms. The van der Waals surface area contributed by atoms with Crippen LogP contribution in [0, 0.1) is 0 Å². The van der Waals surface area contributed by atoms with Gasteiger partial charge in [-0.25, -0.2) is 0 Å². The molecule has 18 heavy (non-hydrogen) atoms. The maximum absolute atomic E-state index is 9.16. The summed E-state index contributed by atoms with van der Waals surface area (Å²) in [5.41, 5.74) is 1.78. The Labute approximate surface area is 115 Å². The van der Waals surface area contributed by atoms with E-state index in [4.69, 9.17) is 28.3 Å². The average molecular weight is 284 g/mol. The molecule has 2 rings (SSSR count). The second-order valence-electron chi connectivity index (χ2n) is 3.71. The van der Waals surface area contributed by atoms with Gasteiger partial charge in [-0.3, -0.25) is 0 Å². The number of nitrogens with one attached hydrogen (secondary N) is 1. The van der Waals surface area contributed by atoms with E-state index < -0.39 is 0 Å². The molecule has 0 unspecified atom stereocenters. The monoisotopic (exact) mass is 283 g/mol. The Kier molecular flexibility index (Phi) is 4.23. The van der Waals surface area contributed by atoms with E-state index in [9.17, 15) is 0 Å². The first-order valence-electron chi connectivity index (χ1n) is 5.35. The highest BCUT2D eigenvalue weighted by Crippen LogP contribution is 2.20. The summed E-state index contributed by atoms with van der Waals surface area (Å²) in [5, 5.41) is 20.2. The molecule has 94 valence electrons. The first-order valence-corrected chi connectivity index (χ1v) is 6.11. The third kappa shape index (κ3) is 3.48. The highest BCUT2D eigenvalue weighted by Gasteiger charge is 2.03. The van der Waals surface area contributed by atoms with Gasteiger partial charge in [0.15, 0.2) is 10.3 Å². The maximum atomic E-state index is 9.16. The van der Waals surface area contributed by atoms with E-state index in [2.05, 4.69) is 15.5 Å². The van der Waals surface area contributed by atoms with Crippen LogP contribution < -0.4 is 5.32 Å². The van der Waals surface area contributed by atoms with Crippen molar-refractivity contribution in [1.82, 2.24) is 10.2 Å². The second-order valence-corrected chi connectivity index (χ2v) is 4.46. The van der Waals surface area contributed by atoms with Gasteiger partial charge in [0.25, 0.3) is 0 Å². The summed E-state index contributed by atoms with van der Waals surface area (Å²) in [7, 11) is 0. The number of phenols is 1. The van der Waals surface area contributed by atoms with Crippen LogP contribution in [0.25, 0.3) is 0 Å². The molecule has 0 radical (unpaired) electrons. The Morgan fingerprint density at radius 3 is 2.56 bits per heavy atom. The van der Waals surface area contributed by atoms with Gasteiger partial charge < -0.3 is 10.4 Å². The molecule has 0 saturated carbocycles. The summed E-state index contributed by atoms with van der Waals surface area (Å²) in [6.07, 6.45) is 0.802. The second kappa shape index (κ2) is 5.89. The van der Waals surface area contributed by atoms with Crippen molar-refractivity contribution < 1.29 is 5.11 Å². The van der Waals surface area contributed by atoms with Gasteiger partial charge in [-0.15, -0.1) is 10.2 Å². The standard InChI is InChI=1S/C12H11Cl2N3O/c13-11-7-10(12(14)17-16-11)15-6-5-8-1-3-9(18)4-2-8/h1-4,7,18H,5-6H2,(H,15,16). The topological polar surface area (TPSA) is 58.0 Å². The van der Waals surface area contributed by atoms with Crippen molar-refractivity contribution in [3.63, 3.8) is 0 Å². The van der Waals surface area contributed by atoms with Crippen molar-refractivity contribution in [2.24, 2.45) is 0 Å². The molecule has 0 saturated heterocycles. The van der Waals surface area contributed by atoms with Crippen molar-refractivity contribution in [1.29, 1.82) is 0 Å². The largest absolute Gasteiger partial charge is 0.508 e. The number of rotatable bonds is 4. The predicted molar refractivity (Wildman–Crippen MR) is 72.4 cm³/mol. The van der Waals surface area contributed by atoms with E-state index in [0.717, 1.165) is 12.0 Å². The number of aromatic nitrogens is 2. The highest BCUT2D eigenvalue weighted by molar-refractivity contribution is 6.33. The Morgan fingerprint density at radius 2 is 1.83 bits per heavy atom. The Balaban J connectivity index is 1.92. The number of aromatic hydroxyl groups is 1. The zero-order valence-corrected chi connectivity index (χ0v) is 10.9. The quantitative estimate of drug-likeness (QED) is 0.905. The molecule has 4 nitrogen and oxygen atoms in total. The molecule has 0 aliphatic carbocycles. The lowest BCUT2D eigenvalue weighted by atomic mass is 10.1. The molecule has 0 atom stereocenters. The van der Waals surface area contributed by atoms with Gasteiger partial charge in [0.05, 0.1) is 5.69 Å². The van der Waals surface area contributed by atoms with Crippen LogP contribution in [0.3, 0.4) is 0 Å². The summed E-state index contributed by atoms with van der Waals surface area (Å²) in [4.78, 5) is 0. The zero-order valence-electron chi connectivity index (χ0n) is 9.40. The normalized spacial score (nSPS) is 10.3. The van der Waals surface area contributed by atoms with Gasteiger partial charge in [-0.1, -0.05) is 35.3 Å². The fourth-order valence-corrected chi connectivity index (χ4v) is 1.79. The molecular formula is C12H11Cl2N3O. The smallest absolute Gasteiger partial charge is 0.174 e. The number of hydrogen-bond donors (Lipinski definition) is 2. The third-order valence-electron chi connectivity index (χ3n) is 2.38. The van der Waals surface area contributed by atoms with Crippen molar-refractivity contribution in [2.75, 3.05) is 11.9 Å². The average Bonchev–Trinajstić information content (AvgIpc) is 2.36. The molecule has 0 spiro atoms. The van der Waals surface area contributed by atoms with Gasteiger partial charge in [0.1, 0.15) is 5.75 Å². The lowest BCUT2D eigenvalue weighted by Crippen LogP contribution is -2.06. The number of anilines is 1. The van der Waals surface area contributed by atoms with Crippen molar-refractivity contribution in [3.05, 3.63) is 46.2 Å². The van der Waals surface area contributed by atoms with E-state index in [-0.39, 0.29) is 5.75 Å². The van der Waals surface area contributed by atoms with Crippen molar-refractivity contribution in [3.8, 4) is 5.75 Å². The van der Waals surface area contributed by atoms with E-state index in [1.807, 2.05) is 12.1 Å². The van der Waals surface area contributed by atoms with Crippen LogP contribution in [0.5, 0.6) is 5.75 Å². The number of halogens is 2. The van der Waals surface area contributed by atoms with Crippen molar-refractivity contribution >= 4 is 28.9 Å². The Bertz CT molecular complexity index is 531. The molecule has 1 heterocycles. The summed E-state index contributed by atoms with van der Waals surface area (Å²) in [6, 6.07) is 8.70. The van der Waals surface area contributed by atoms with Crippen LogP contribution in [-0.4, -0.2) is 21.8 Å². The summed E-state index contributed by atoms with van der Waals surface area (Å²) >= 11 is 11.6. The maximum Gasteiger partial charge on any atom is 0.174 e. The molecular weight excluding hydrogens is 273 g/mol. The molecule has 2 aromatic rings. The lowest BCUT2D eigenvalue weighted by Gasteiger charge is -2.07. The van der Waals surface area contributed by atoms with E-state index in [1.165, 1.54) is 0 Å². The van der Waals surface area contributed by atoms with E-state index >= 15 is 0 Å². The van der Waals surface area contributed by atoms with Crippen LogP contribution in [0.15, 0.2) is 30.3 Å². The number of phenolic OH excluding ortho intramolecular Hbond substituents is 1. The number of nitrogens with zero attached hydrogens (tertiary/aromatic N) is 2. The first kappa shape index (κ1) is 12.9. The summed E-state index contributed by atoms with van der Waals surface area (Å²) in [6.45, 7) is 0.687. The van der Waals surface area contributed by atoms with Gasteiger partial charge >= 0.3 is 0 Å². The van der Waals surface area contributed by atoms with Crippen LogP contribution in [0.1, 0.15) is 5.56 Å². The zero-order chi connectivity index (χ0) is 13.0. The fourth-order valence-electron chi connectivity index (χ4n) is 1.48. The number of hydrogen-bond acceptors (Lipinski definition) is 4.